The lowest BCUT2D eigenvalue weighted by molar-refractivity contribution is -0.120. The summed E-state index contributed by atoms with van der Waals surface area (Å²) < 4.78 is 31.7. The maximum atomic E-state index is 12.2. The highest BCUT2D eigenvalue weighted by atomic mass is 32.2. The number of benzene rings is 1. The summed E-state index contributed by atoms with van der Waals surface area (Å²) in [5.41, 5.74) is 0.790. The average Bonchev–Trinajstić information content (AvgIpc) is 2.36. The number of carbonyl (C=O) groups is 1. The Bertz CT molecular complexity index is 582. The molecule has 20 heavy (non-hydrogen) atoms. The summed E-state index contributed by atoms with van der Waals surface area (Å²) in [6.07, 6.45) is 0. The number of nitrogens with one attached hydrogen (secondary N) is 2. The Kier molecular flexibility index (Phi) is 5.52. The maximum absolute atomic E-state index is 12.2. The summed E-state index contributed by atoms with van der Waals surface area (Å²) >= 11 is 0. The van der Waals surface area contributed by atoms with E-state index in [4.69, 9.17) is 4.74 Å². The van der Waals surface area contributed by atoms with E-state index in [9.17, 15) is 13.2 Å². The van der Waals surface area contributed by atoms with Gasteiger partial charge in [-0.15, -0.1) is 0 Å². The van der Waals surface area contributed by atoms with E-state index in [1.807, 2.05) is 0 Å². The van der Waals surface area contributed by atoms with E-state index < -0.39 is 10.0 Å². The van der Waals surface area contributed by atoms with Gasteiger partial charge in [0.05, 0.1) is 13.7 Å². The Balaban J connectivity index is 2.89. The van der Waals surface area contributed by atoms with Crippen LogP contribution in [-0.4, -0.2) is 34.0 Å². The van der Waals surface area contributed by atoms with Gasteiger partial charge >= 0.3 is 0 Å². The first-order valence-corrected chi connectivity index (χ1v) is 7.68. The first-order valence-electron chi connectivity index (χ1n) is 6.20. The SMILES string of the molecule is COc1ccc(C)cc1S(=O)(=O)NCC(=O)NC(C)C. The molecule has 0 heterocycles. The molecule has 6 nitrogen and oxygen atoms in total. The molecule has 0 radical (unpaired) electrons. The molecule has 0 aliphatic rings. The van der Waals surface area contributed by atoms with Crippen LogP contribution >= 0.6 is 0 Å². The summed E-state index contributed by atoms with van der Waals surface area (Å²) in [6, 6.07) is 4.80. The fourth-order valence-electron chi connectivity index (χ4n) is 1.61. The summed E-state index contributed by atoms with van der Waals surface area (Å²) in [5, 5.41) is 2.61. The van der Waals surface area contributed by atoms with E-state index in [0.29, 0.717) is 0 Å². The molecule has 0 fully saturated rings. The molecule has 1 aromatic rings. The zero-order valence-electron chi connectivity index (χ0n) is 12.1. The minimum absolute atomic E-state index is 0.0253. The van der Waals surface area contributed by atoms with Crippen molar-refractivity contribution in [2.24, 2.45) is 0 Å². The molecule has 0 spiro atoms. The molecule has 0 aromatic heterocycles. The van der Waals surface area contributed by atoms with Gasteiger partial charge in [0.2, 0.25) is 15.9 Å². The highest BCUT2D eigenvalue weighted by Gasteiger charge is 2.20. The average molecular weight is 300 g/mol. The zero-order chi connectivity index (χ0) is 15.3. The van der Waals surface area contributed by atoms with Crippen molar-refractivity contribution in [2.75, 3.05) is 13.7 Å². The number of sulfonamides is 1. The van der Waals surface area contributed by atoms with Gasteiger partial charge in [0.25, 0.3) is 0 Å². The summed E-state index contributed by atoms with van der Waals surface area (Å²) in [4.78, 5) is 11.5. The van der Waals surface area contributed by atoms with E-state index in [2.05, 4.69) is 10.0 Å². The molecule has 112 valence electrons. The molecule has 0 aliphatic heterocycles. The Hall–Kier alpha value is -1.60. The molecule has 0 unspecified atom stereocenters. The van der Waals surface area contributed by atoms with Gasteiger partial charge in [-0.1, -0.05) is 6.07 Å². The van der Waals surface area contributed by atoms with Crippen molar-refractivity contribution in [1.82, 2.24) is 10.0 Å². The van der Waals surface area contributed by atoms with Crippen LogP contribution in [0.15, 0.2) is 23.1 Å². The van der Waals surface area contributed by atoms with E-state index in [0.717, 1.165) is 5.56 Å². The lowest BCUT2D eigenvalue weighted by Crippen LogP contribution is -2.39. The zero-order valence-corrected chi connectivity index (χ0v) is 12.9. The molecule has 0 saturated heterocycles. The number of rotatable bonds is 6. The van der Waals surface area contributed by atoms with Crippen LogP contribution in [0.4, 0.5) is 0 Å². The van der Waals surface area contributed by atoms with Crippen LogP contribution in [0.25, 0.3) is 0 Å². The van der Waals surface area contributed by atoms with Crippen molar-refractivity contribution in [3.63, 3.8) is 0 Å². The first kappa shape index (κ1) is 16.5. The first-order chi connectivity index (χ1) is 9.26. The molecular weight excluding hydrogens is 280 g/mol. The highest BCUT2D eigenvalue weighted by molar-refractivity contribution is 7.89. The number of hydrogen-bond donors (Lipinski definition) is 2. The van der Waals surface area contributed by atoms with Crippen LogP contribution in [0.2, 0.25) is 0 Å². The molecular formula is C13H20N2O4S. The Morgan fingerprint density at radius 3 is 2.55 bits per heavy atom. The molecule has 0 bridgehead atoms. The largest absolute Gasteiger partial charge is 0.495 e. The smallest absolute Gasteiger partial charge is 0.244 e. The molecule has 1 amide bonds. The fraction of sp³-hybridized carbons (Fsp3) is 0.462. The van der Waals surface area contributed by atoms with E-state index in [1.165, 1.54) is 13.2 Å². The Morgan fingerprint density at radius 1 is 1.35 bits per heavy atom. The predicted molar refractivity (Wildman–Crippen MR) is 76.2 cm³/mol. The van der Waals surface area contributed by atoms with Crippen LogP contribution in [0, 0.1) is 6.92 Å². The summed E-state index contributed by atoms with van der Waals surface area (Å²) in [7, 11) is -2.39. The third-order valence-corrected chi connectivity index (χ3v) is 3.90. The minimum Gasteiger partial charge on any atom is -0.495 e. The lowest BCUT2D eigenvalue weighted by atomic mass is 10.2. The molecule has 1 rings (SSSR count). The number of aryl methyl sites for hydroxylation is 1. The van der Waals surface area contributed by atoms with Crippen LogP contribution < -0.4 is 14.8 Å². The number of ether oxygens (including phenoxy) is 1. The van der Waals surface area contributed by atoms with Gasteiger partial charge in [0, 0.05) is 6.04 Å². The third kappa shape index (κ3) is 4.50. The second-order valence-electron chi connectivity index (χ2n) is 4.70. The third-order valence-electron chi connectivity index (χ3n) is 2.48. The maximum Gasteiger partial charge on any atom is 0.244 e. The van der Waals surface area contributed by atoms with Crippen molar-refractivity contribution < 1.29 is 17.9 Å². The Morgan fingerprint density at radius 2 is 2.00 bits per heavy atom. The fourth-order valence-corrected chi connectivity index (χ4v) is 2.84. The monoisotopic (exact) mass is 300 g/mol. The van der Waals surface area contributed by atoms with Crippen molar-refractivity contribution >= 4 is 15.9 Å². The molecule has 7 heteroatoms. The van der Waals surface area contributed by atoms with Gasteiger partial charge in [-0.25, -0.2) is 13.1 Å². The predicted octanol–water partition coefficient (Wildman–Crippen LogP) is 0.807. The van der Waals surface area contributed by atoms with E-state index in [-0.39, 0.29) is 29.1 Å². The van der Waals surface area contributed by atoms with Crippen molar-refractivity contribution in [2.45, 2.75) is 31.7 Å². The normalized spacial score (nSPS) is 11.4. The molecule has 0 saturated carbocycles. The van der Waals surface area contributed by atoms with Gasteiger partial charge in [-0.2, -0.15) is 0 Å². The van der Waals surface area contributed by atoms with Gasteiger partial charge < -0.3 is 10.1 Å². The molecule has 1 aromatic carbocycles. The van der Waals surface area contributed by atoms with Crippen LogP contribution in [-0.2, 0) is 14.8 Å². The van der Waals surface area contributed by atoms with Crippen LogP contribution in [0.3, 0.4) is 0 Å². The summed E-state index contributed by atoms with van der Waals surface area (Å²) in [6.45, 7) is 5.08. The lowest BCUT2D eigenvalue weighted by Gasteiger charge is -2.12. The highest BCUT2D eigenvalue weighted by Crippen LogP contribution is 2.24. The quantitative estimate of drug-likeness (QED) is 0.814. The molecule has 2 N–H and O–H groups in total. The van der Waals surface area contributed by atoms with Crippen molar-refractivity contribution in [3.05, 3.63) is 23.8 Å². The standard InChI is InChI=1S/C13H20N2O4S/c1-9(2)15-13(16)8-14-20(17,18)12-7-10(3)5-6-11(12)19-4/h5-7,9,14H,8H2,1-4H3,(H,15,16). The van der Waals surface area contributed by atoms with E-state index in [1.54, 1.807) is 32.9 Å². The van der Waals surface area contributed by atoms with E-state index >= 15 is 0 Å². The van der Waals surface area contributed by atoms with Crippen LogP contribution in [0.1, 0.15) is 19.4 Å². The van der Waals surface area contributed by atoms with Gasteiger partial charge in [0.15, 0.2) is 0 Å². The van der Waals surface area contributed by atoms with Crippen molar-refractivity contribution in [3.8, 4) is 5.75 Å². The number of methoxy groups -OCH3 is 1. The second-order valence-corrected chi connectivity index (χ2v) is 6.44. The van der Waals surface area contributed by atoms with Gasteiger partial charge in [-0.05, 0) is 38.5 Å². The number of amides is 1. The van der Waals surface area contributed by atoms with Gasteiger partial charge in [0.1, 0.15) is 10.6 Å². The van der Waals surface area contributed by atoms with Gasteiger partial charge in [-0.3, -0.25) is 4.79 Å². The summed E-state index contributed by atoms with van der Waals surface area (Å²) in [5.74, 6) is -0.137. The number of carbonyl (C=O) groups excluding carboxylic acids is 1. The van der Waals surface area contributed by atoms with Crippen LogP contribution in [0.5, 0.6) is 5.75 Å². The molecule has 0 aliphatic carbocycles. The molecule has 0 atom stereocenters. The Labute approximate surface area is 119 Å². The minimum atomic E-state index is -3.79. The number of hydrogen-bond acceptors (Lipinski definition) is 4. The second kappa shape index (κ2) is 6.71. The van der Waals surface area contributed by atoms with Crippen molar-refractivity contribution in [1.29, 1.82) is 0 Å². The topological polar surface area (TPSA) is 84.5 Å².